The van der Waals surface area contributed by atoms with E-state index < -0.39 is 0 Å². The standard InChI is InChI=1S/C16H17FN2O2/c1-19(11-8-13-6-9-18-10-7-13)16(20)12-21-15-4-2-14(17)3-5-15/h2-7,9-10H,8,11-12H2,1H3. The Morgan fingerprint density at radius 1 is 1.19 bits per heavy atom. The molecule has 0 saturated carbocycles. The van der Waals surface area contributed by atoms with Crippen LogP contribution < -0.4 is 4.74 Å². The Hall–Kier alpha value is -2.43. The summed E-state index contributed by atoms with van der Waals surface area (Å²) in [6.45, 7) is 0.550. The number of carbonyl (C=O) groups is 1. The third-order valence-corrected chi connectivity index (χ3v) is 3.09. The van der Waals surface area contributed by atoms with Crippen molar-refractivity contribution in [3.63, 3.8) is 0 Å². The molecule has 0 atom stereocenters. The number of halogens is 1. The van der Waals surface area contributed by atoms with E-state index in [1.165, 1.54) is 24.3 Å². The highest BCUT2D eigenvalue weighted by atomic mass is 19.1. The molecular weight excluding hydrogens is 271 g/mol. The molecule has 0 aliphatic carbocycles. The number of amides is 1. The van der Waals surface area contributed by atoms with Crippen LogP contribution in [0.3, 0.4) is 0 Å². The molecule has 2 aromatic rings. The quantitative estimate of drug-likeness (QED) is 0.819. The molecule has 0 bridgehead atoms. The number of aromatic nitrogens is 1. The molecule has 0 fully saturated rings. The molecule has 110 valence electrons. The van der Waals surface area contributed by atoms with Gasteiger partial charge in [-0.2, -0.15) is 0 Å². The van der Waals surface area contributed by atoms with Gasteiger partial charge in [0.05, 0.1) is 0 Å². The van der Waals surface area contributed by atoms with Gasteiger partial charge < -0.3 is 9.64 Å². The van der Waals surface area contributed by atoms with Crippen molar-refractivity contribution in [3.05, 3.63) is 60.2 Å². The van der Waals surface area contributed by atoms with E-state index in [1.807, 2.05) is 12.1 Å². The van der Waals surface area contributed by atoms with Crippen LogP contribution in [-0.2, 0) is 11.2 Å². The van der Waals surface area contributed by atoms with Gasteiger partial charge in [-0.15, -0.1) is 0 Å². The van der Waals surface area contributed by atoms with Gasteiger partial charge in [-0.25, -0.2) is 4.39 Å². The van der Waals surface area contributed by atoms with Gasteiger partial charge in [0, 0.05) is 26.0 Å². The molecule has 5 heteroatoms. The number of likely N-dealkylation sites (N-methyl/N-ethyl adjacent to an activating group) is 1. The highest BCUT2D eigenvalue weighted by Gasteiger charge is 2.09. The van der Waals surface area contributed by atoms with Crippen LogP contribution >= 0.6 is 0 Å². The summed E-state index contributed by atoms with van der Waals surface area (Å²) in [6, 6.07) is 9.44. The molecule has 1 heterocycles. The van der Waals surface area contributed by atoms with E-state index in [0.717, 1.165) is 12.0 Å². The van der Waals surface area contributed by atoms with Crippen molar-refractivity contribution < 1.29 is 13.9 Å². The van der Waals surface area contributed by atoms with Crippen LogP contribution in [0.25, 0.3) is 0 Å². The summed E-state index contributed by atoms with van der Waals surface area (Å²) < 4.78 is 18.1. The molecule has 0 aliphatic heterocycles. The maximum absolute atomic E-state index is 12.7. The van der Waals surface area contributed by atoms with Crippen LogP contribution in [0, 0.1) is 5.82 Å². The molecule has 0 spiro atoms. The zero-order chi connectivity index (χ0) is 15.1. The fraction of sp³-hybridized carbons (Fsp3) is 0.250. The molecule has 0 unspecified atom stereocenters. The fourth-order valence-corrected chi connectivity index (χ4v) is 1.76. The topological polar surface area (TPSA) is 42.4 Å². The van der Waals surface area contributed by atoms with Crippen molar-refractivity contribution in [2.75, 3.05) is 20.2 Å². The molecule has 1 aromatic heterocycles. The summed E-state index contributed by atoms with van der Waals surface area (Å²) >= 11 is 0. The smallest absolute Gasteiger partial charge is 0.260 e. The van der Waals surface area contributed by atoms with E-state index in [9.17, 15) is 9.18 Å². The molecule has 1 amide bonds. The van der Waals surface area contributed by atoms with Gasteiger partial charge in [0.2, 0.25) is 0 Å². The monoisotopic (exact) mass is 288 g/mol. The van der Waals surface area contributed by atoms with Crippen LogP contribution in [0.1, 0.15) is 5.56 Å². The minimum atomic E-state index is -0.330. The van der Waals surface area contributed by atoms with Gasteiger partial charge >= 0.3 is 0 Å². The molecule has 0 N–H and O–H groups in total. The summed E-state index contributed by atoms with van der Waals surface area (Å²) in [5, 5.41) is 0. The Labute approximate surface area is 123 Å². The van der Waals surface area contributed by atoms with E-state index in [4.69, 9.17) is 4.74 Å². The highest BCUT2D eigenvalue weighted by Crippen LogP contribution is 2.11. The van der Waals surface area contributed by atoms with Gasteiger partial charge in [-0.05, 0) is 48.4 Å². The molecule has 0 aliphatic rings. The second-order valence-electron chi connectivity index (χ2n) is 4.66. The average Bonchev–Trinajstić information content (AvgIpc) is 2.52. The Bertz CT molecular complexity index is 573. The Morgan fingerprint density at radius 2 is 1.86 bits per heavy atom. The zero-order valence-electron chi connectivity index (χ0n) is 11.8. The number of carbonyl (C=O) groups excluding carboxylic acids is 1. The predicted molar refractivity (Wildman–Crippen MR) is 77.5 cm³/mol. The van der Waals surface area contributed by atoms with E-state index in [2.05, 4.69) is 4.98 Å². The minimum Gasteiger partial charge on any atom is -0.484 e. The first-order valence-electron chi connectivity index (χ1n) is 6.66. The number of hydrogen-bond acceptors (Lipinski definition) is 3. The average molecular weight is 288 g/mol. The summed E-state index contributed by atoms with van der Waals surface area (Å²) in [4.78, 5) is 17.5. The molecule has 0 saturated heterocycles. The fourth-order valence-electron chi connectivity index (χ4n) is 1.76. The maximum atomic E-state index is 12.7. The lowest BCUT2D eigenvalue weighted by Crippen LogP contribution is -2.33. The van der Waals surface area contributed by atoms with E-state index in [1.54, 1.807) is 24.3 Å². The largest absolute Gasteiger partial charge is 0.484 e. The predicted octanol–water partition coefficient (Wildman–Crippen LogP) is 2.30. The van der Waals surface area contributed by atoms with Crippen molar-refractivity contribution in [3.8, 4) is 5.75 Å². The van der Waals surface area contributed by atoms with Crippen LogP contribution in [-0.4, -0.2) is 36.0 Å². The molecule has 0 radical (unpaired) electrons. The lowest BCUT2D eigenvalue weighted by Gasteiger charge is -2.17. The first-order chi connectivity index (χ1) is 10.1. The number of rotatable bonds is 6. The van der Waals surface area contributed by atoms with Gasteiger partial charge in [0.15, 0.2) is 6.61 Å². The number of pyridine rings is 1. The maximum Gasteiger partial charge on any atom is 0.260 e. The van der Waals surface area contributed by atoms with Crippen molar-refractivity contribution in [1.82, 2.24) is 9.88 Å². The van der Waals surface area contributed by atoms with Crippen LogP contribution in [0.4, 0.5) is 4.39 Å². The molecule has 2 rings (SSSR count). The zero-order valence-corrected chi connectivity index (χ0v) is 11.8. The Balaban J connectivity index is 1.76. The molecular formula is C16H17FN2O2. The lowest BCUT2D eigenvalue weighted by molar-refractivity contribution is -0.132. The summed E-state index contributed by atoms with van der Waals surface area (Å²) in [7, 11) is 1.73. The molecule has 1 aromatic carbocycles. The second-order valence-corrected chi connectivity index (χ2v) is 4.66. The Morgan fingerprint density at radius 3 is 2.52 bits per heavy atom. The second kappa shape index (κ2) is 7.38. The third kappa shape index (κ3) is 4.87. The van der Waals surface area contributed by atoms with Gasteiger partial charge in [-0.3, -0.25) is 9.78 Å². The number of hydrogen-bond donors (Lipinski definition) is 0. The lowest BCUT2D eigenvalue weighted by atomic mass is 10.2. The minimum absolute atomic E-state index is 0.0571. The van der Waals surface area contributed by atoms with E-state index >= 15 is 0 Å². The van der Waals surface area contributed by atoms with Crippen LogP contribution in [0.15, 0.2) is 48.8 Å². The first kappa shape index (κ1) is 15.0. The molecule has 21 heavy (non-hydrogen) atoms. The summed E-state index contributed by atoms with van der Waals surface area (Å²) in [6.07, 6.45) is 4.23. The summed E-state index contributed by atoms with van der Waals surface area (Å²) in [5.74, 6) is 0.0313. The van der Waals surface area contributed by atoms with Gasteiger partial charge in [0.25, 0.3) is 5.91 Å². The van der Waals surface area contributed by atoms with Crippen LogP contribution in [0.2, 0.25) is 0 Å². The number of benzene rings is 1. The Kier molecular flexibility index (Phi) is 5.26. The van der Waals surface area contributed by atoms with Crippen LogP contribution in [0.5, 0.6) is 5.75 Å². The number of ether oxygens (including phenoxy) is 1. The summed E-state index contributed by atoms with van der Waals surface area (Å²) in [5.41, 5.74) is 1.13. The van der Waals surface area contributed by atoms with E-state index in [-0.39, 0.29) is 18.3 Å². The highest BCUT2D eigenvalue weighted by molar-refractivity contribution is 5.77. The van der Waals surface area contributed by atoms with E-state index in [0.29, 0.717) is 12.3 Å². The van der Waals surface area contributed by atoms with Gasteiger partial charge in [0.1, 0.15) is 11.6 Å². The number of nitrogens with zero attached hydrogens (tertiary/aromatic N) is 2. The van der Waals surface area contributed by atoms with Gasteiger partial charge in [-0.1, -0.05) is 0 Å². The third-order valence-electron chi connectivity index (χ3n) is 3.09. The van der Waals surface area contributed by atoms with Crippen molar-refractivity contribution in [1.29, 1.82) is 0 Å². The van der Waals surface area contributed by atoms with Crippen molar-refractivity contribution in [2.45, 2.75) is 6.42 Å². The molecule has 4 nitrogen and oxygen atoms in total. The van der Waals surface area contributed by atoms with Crippen molar-refractivity contribution in [2.24, 2.45) is 0 Å². The SMILES string of the molecule is CN(CCc1ccncc1)C(=O)COc1ccc(F)cc1. The normalized spacial score (nSPS) is 10.2. The first-order valence-corrected chi connectivity index (χ1v) is 6.66. The van der Waals surface area contributed by atoms with Crippen molar-refractivity contribution >= 4 is 5.91 Å².